The van der Waals surface area contributed by atoms with Crippen LogP contribution in [0, 0.1) is 28.6 Å². The highest BCUT2D eigenvalue weighted by Crippen LogP contribution is 2.64. The molecule has 5 atom stereocenters. The molecular formula is C20H26O2. The SMILES string of the molecule is CC1=CC(=O)C=C2CCC3C4CCC(=O)C4(C)CCC3[C@@]12C. The third-order valence-corrected chi connectivity index (χ3v) is 7.80. The van der Waals surface area contributed by atoms with Crippen LogP contribution in [-0.2, 0) is 9.59 Å². The van der Waals surface area contributed by atoms with Crippen LogP contribution in [0.4, 0.5) is 0 Å². The first-order valence-electron chi connectivity index (χ1n) is 8.84. The number of carbonyl (C=O) groups excluding carboxylic acids is 2. The predicted molar refractivity (Wildman–Crippen MR) is 86.2 cm³/mol. The molecule has 4 unspecified atom stereocenters. The van der Waals surface area contributed by atoms with Crippen LogP contribution in [0.2, 0.25) is 0 Å². The van der Waals surface area contributed by atoms with Crippen LogP contribution in [0.25, 0.3) is 0 Å². The minimum absolute atomic E-state index is 0.0547. The molecule has 0 spiro atoms. The van der Waals surface area contributed by atoms with E-state index in [4.69, 9.17) is 0 Å². The van der Waals surface area contributed by atoms with Crippen LogP contribution in [0.15, 0.2) is 23.3 Å². The highest BCUT2D eigenvalue weighted by atomic mass is 16.1. The number of Topliss-reactive ketones (excluding diaryl/α,β-unsaturated/α-hetero) is 1. The van der Waals surface area contributed by atoms with E-state index in [9.17, 15) is 9.59 Å². The van der Waals surface area contributed by atoms with Gasteiger partial charge >= 0.3 is 0 Å². The summed E-state index contributed by atoms with van der Waals surface area (Å²) in [6.07, 6.45) is 10.0. The summed E-state index contributed by atoms with van der Waals surface area (Å²) in [7, 11) is 0. The highest BCUT2D eigenvalue weighted by molar-refractivity contribution is 6.02. The van der Waals surface area contributed by atoms with Crippen molar-refractivity contribution in [3.05, 3.63) is 23.3 Å². The van der Waals surface area contributed by atoms with E-state index >= 15 is 0 Å². The molecule has 4 rings (SSSR count). The number of hydrogen-bond acceptors (Lipinski definition) is 2. The topological polar surface area (TPSA) is 34.1 Å². The van der Waals surface area contributed by atoms with Gasteiger partial charge in [0.2, 0.25) is 0 Å². The molecule has 0 aromatic heterocycles. The van der Waals surface area contributed by atoms with Crippen LogP contribution < -0.4 is 0 Å². The second-order valence-corrected chi connectivity index (χ2v) is 8.44. The summed E-state index contributed by atoms with van der Waals surface area (Å²) in [6.45, 7) is 6.72. The molecule has 0 heterocycles. The van der Waals surface area contributed by atoms with E-state index in [0.717, 1.165) is 32.1 Å². The Morgan fingerprint density at radius 3 is 2.55 bits per heavy atom. The lowest BCUT2D eigenvalue weighted by atomic mass is 9.47. The summed E-state index contributed by atoms with van der Waals surface area (Å²) >= 11 is 0. The third-order valence-electron chi connectivity index (χ3n) is 7.80. The quantitative estimate of drug-likeness (QED) is 0.670. The molecule has 3 saturated carbocycles. The van der Waals surface area contributed by atoms with Gasteiger partial charge in [0.1, 0.15) is 5.78 Å². The molecule has 3 fully saturated rings. The Hall–Kier alpha value is -1.18. The normalized spacial score (nSPS) is 47.3. The van der Waals surface area contributed by atoms with Crippen LogP contribution >= 0.6 is 0 Å². The predicted octanol–water partition coefficient (Wildman–Crippen LogP) is 4.25. The zero-order chi connectivity index (χ0) is 15.7. The van der Waals surface area contributed by atoms with E-state index in [1.54, 1.807) is 0 Å². The van der Waals surface area contributed by atoms with Gasteiger partial charge in [0.25, 0.3) is 0 Å². The van der Waals surface area contributed by atoms with Crippen molar-refractivity contribution < 1.29 is 9.59 Å². The smallest absolute Gasteiger partial charge is 0.178 e. The summed E-state index contributed by atoms with van der Waals surface area (Å²) < 4.78 is 0. The maximum absolute atomic E-state index is 12.4. The third kappa shape index (κ3) is 1.62. The summed E-state index contributed by atoms with van der Waals surface area (Å²) in [5.74, 6) is 2.51. The number of rotatable bonds is 0. The molecule has 4 aliphatic rings. The van der Waals surface area contributed by atoms with Gasteiger partial charge in [0.15, 0.2) is 5.78 Å². The van der Waals surface area contributed by atoms with Gasteiger partial charge in [-0.2, -0.15) is 0 Å². The van der Waals surface area contributed by atoms with Gasteiger partial charge in [-0.1, -0.05) is 25.0 Å². The lowest BCUT2D eigenvalue weighted by molar-refractivity contribution is -0.131. The molecule has 2 nitrogen and oxygen atoms in total. The molecule has 0 amide bonds. The van der Waals surface area contributed by atoms with E-state index in [2.05, 4.69) is 20.8 Å². The van der Waals surface area contributed by atoms with Gasteiger partial charge in [-0.3, -0.25) is 9.59 Å². The first-order valence-corrected chi connectivity index (χ1v) is 8.84. The average molecular weight is 298 g/mol. The standard InChI is InChI=1S/C20H26O2/c1-12-10-14(21)11-13-4-5-15-16-6-7-18(22)19(16,2)9-8-17(15)20(12,13)3/h10-11,15-17H,4-9H2,1-3H3/t15?,16?,17?,19?,20-/m0/s1. The number of carbonyl (C=O) groups is 2. The zero-order valence-electron chi connectivity index (χ0n) is 13.9. The van der Waals surface area contributed by atoms with Crippen molar-refractivity contribution in [2.24, 2.45) is 28.6 Å². The molecule has 0 saturated heterocycles. The molecule has 118 valence electrons. The number of ketones is 2. The maximum atomic E-state index is 12.4. The molecule has 2 heteroatoms. The maximum Gasteiger partial charge on any atom is 0.178 e. The van der Waals surface area contributed by atoms with Crippen LogP contribution in [0.5, 0.6) is 0 Å². The second-order valence-electron chi connectivity index (χ2n) is 8.44. The van der Waals surface area contributed by atoms with E-state index < -0.39 is 0 Å². The average Bonchev–Trinajstić information content (AvgIpc) is 2.77. The summed E-state index contributed by atoms with van der Waals surface area (Å²) in [4.78, 5) is 24.3. The van der Waals surface area contributed by atoms with Gasteiger partial charge in [-0.05, 0) is 68.9 Å². The number of fused-ring (bicyclic) bond motifs is 5. The lowest BCUT2D eigenvalue weighted by Gasteiger charge is -2.57. The first-order chi connectivity index (χ1) is 10.4. The van der Waals surface area contributed by atoms with Crippen molar-refractivity contribution >= 4 is 11.6 Å². The van der Waals surface area contributed by atoms with E-state index in [1.807, 2.05) is 12.2 Å². The molecular weight excluding hydrogens is 272 g/mol. The van der Waals surface area contributed by atoms with Crippen LogP contribution in [0.3, 0.4) is 0 Å². The van der Waals surface area contributed by atoms with Crippen molar-refractivity contribution in [1.29, 1.82) is 0 Å². The summed E-state index contributed by atoms with van der Waals surface area (Å²) in [6, 6.07) is 0. The fourth-order valence-corrected chi connectivity index (χ4v) is 6.34. The van der Waals surface area contributed by atoms with Crippen LogP contribution in [0.1, 0.15) is 59.3 Å². The van der Waals surface area contributed by atoms with E-state index in [-0.39, 0.29) is 16.6 Å². The monoisotopic (exact) mass is 298 g/mol. The van der Waals surface area contributed by atoms with Crippen molar-refractivity contribution in [3.8, 4) is 0 Å². The van der Waals surface area contributed by atoms with E-state index in [1.165, 1.54) is 17.6 Å². The summed E-state index contributed by atoms with van der Waals surface area (Å²) in [5, 5.41) is 0. The number of allylic oxidation sites excluding steroid dienone is 4. The Labute approximate surface area is 133 Å². The van der Waals surface area contributed by atoms with Crippen molar-refractivity contribution in [2.75, 3.05) is 0 Å². The van der Waals surface area contributed by atoms with Crippen LogP contribution in [-0.4, -0.2) is 11.6 Å². The molecule has 0 N–H and O–H groups in total. The Kier molecular flexibility index (Phi) is 2.90. The minimum atomic E-state index is -0.0547. The summed E-state index contributed by atoms with van der Waals surface area (Å²) in [5.41, 5.74) is 2.61. The minimum Gasteiger partial charge on any atom is -0.299 e. The molecule has 22 heavy (non-hydrogen) atoms. The Morgan fingerprint density at radius 1 is 1.00 bits per heavy atom. The Bertz CT molecular complexity index is 626. The fraction of sp³-hybridized carbons (Fsp3) is 0.700. The molecule has 0 aromatic rings. The lowest BCUT2D eigenvalue weighted by Crippen LogP contribution is -2.50. The van der Waals surface area contributed by atoms with Crippen molar-refractivity contribution in [3.63, 3.8) is 0 Å². The van der Waals surface area contributed by atoms with Gasteiger partial charge in [-0.15, -0.1) is 0 Å². The Balaban J connectivity index is 1.75. The molecule has 4 aliphatic carbocycles. The van der Waals surface area contributed by atoms with Crippen molar-refractivity contribution in [2.45, 2.75) is 59.3 Å². The second kappa shape index (κ2) is 4.43. The Morgan fingerprint density at radius 2 is 1.77 bits per heavy atom. The van der Waals surface area contributed by atoms with Gasteiger partial charge in [-0.25, -0.2) is 0 Å². The largest absolute Gasteiger partial charge is 0.299 e. The number of hydrogen-bond donors (Lipinski definition) is 0. The van der Waals surface area contributed by atoms with Gasteiger partial charge < -0.3 is 0 Å². The van der Waals surface area contributed by atoms with Crippen molar-refractivity contribution in [1.82, 2.24) is 0 Å². The first kappa shape index (κ1) is 14.4. The van der Waals surface area contributed by atoms with E-state index in [0.29, 0.717) is 23.5 Å². The molecule has 0 aliphatic heterocycles. The van der Waals surface area contributed by atoms with Gasteiger partial charge in [0, 0.05) is 17.3 Å². The van der Waals surface area contributed by atoms with Gasteiger partial charge in [0.05, 0.1) is 0 Å². The molecule has 0 aromatic carbocycles. The fourth-order valence-electron chi connectivity index (χ4n) is 6.34. The zero-order valence-corrected chi connectivity index (χ0v) is 13.9. The molecule has 0 bridgehead atoms. The molecule has 0 radical (unpaired) electrons. The highest BCUT2D eigenvalue weighted by Gasteiger charge is 2.59.